The van der Waals surface area contributed by atoms with Gasteiger partial charge in [0.05, 0.1) is 6.10 Å². The van der Waals surface area contributed by atoms with E-state index >= 15 is 0 Å². The van der Waals surface area contributed by atoms with Gasteiger partial charge in [-0.1, -0.05) is 109 Å². The van der Waals surface area contributed by atoms with E-state index in [1.165, 1.54) is 71.3 Å². The predicted octanol–water partition coefficient (Wildman–Crippen LogP) is 11.0. The lowest BCUT2D eigenvalue weighted by Gasteiger charge is -2.51. The third-order valence-corrected chi connectivity index (χ3v) is 17.8. The molecule has 0 saturated heterocycles. The van der Waals surface area contributed by atoms with Crippen LogP contribution in [0.15, 0.2) is 24.3 Å². The molecule has 4 aliphatic rings. The first-order valence-electron chi connectivity index (χ1n) is 16.7. The smallest absolute Gasteiger partial charge is 0.192 e. The SMILES string of the molecule is CC(C)c1nc2c(c3c1[C@@H](c1ccc(C(C)(C)C)cc1)OC31CCCC1I)[C@@H](O[Si](C)(C)C(C)(C)C)CC1(CCC1)C2. The van der Waals surface area contributed by atoms with Crippen molar-refractivity contribution in [1.82, 2.24) is 4.98 Å². The molecular weight excluding hydrogens is 645 g/mol. The minimum atomic E-state index is -2.02. The fraction of sp³-hybridized carbons (Fsp3) is 0.703. The summed E-state index contributed by atoms with van der Waals surface area (Å²) in [5, 5.41) is 0.163. The van der Waals surface area contributed by atoms with Crippen LogP contribution in [0.2, 0.25) is 18.1 Å². The Labute approximate surface area is 270 Å². The van der Waals surface area contributed by atoms with E-state index < -0.39 is 8.32 Å². The van der Waals surface area contributed by atoms with Crippen molar-refractivity contribution in [3.05, 3.63) is 63.5 Å². The van der Waals surface area contributed by atoms with Crippen LogP contribution in [0.4, 0.5) is 0 Å². The molecule has 1 aromatic heterocycles. The van der Waals surface area contributed by atoms with Gasteiger partial charge in [0.1, 0.15) is 11.7 Å². The summed E-state index contributed by atoms with van der Waals surface area (Å²) in [5.74, 6) is 0.340. The van der Waals surface area contributed by atoms with Crippen LogP contribution in [0, 0.1) is 5.41 Å². The quantitative estimate of drug-likeness (QED) is 0.181. The number of fused-ring (bicyclic) bond motifs is 4. The zero-order valence-electron chi connectivity index (χ0n) is 27.9. The molecule has 4 atom stereocenters. The highest BCUT2D eigenvalue weighted by Crippen LogP contribution is 2.63. The Morgan fingerprint density at radius 3 is 2.14 bits per heavy atom. The zero-order chi connectivity index (χ0) is 30.5. The maximum absolute atomic E-state index is 7.51. The number of ether oxygens (including phenoxy) is 1. The number of rotatable bonds is 4. The molecule has 0 N–H and O–H groups in total. The van der Waals surface area contributed by atoms with E-state index in [9.17, 15) is 0 Å². The molecule has 42 heavy (non-hydrogen) atoms. The van der Waals surface area contributed by atoms with Crippen molar-refractivity contribution in [2.45, 2.75) is 158 Å². The summed E-state index contributed by atoms with van der Waals surface area (Å²) >= 11 is 2.73. The molecule has 5 heteroatoms. The van der Waals surface area contributed by atoms with Crippen molar-refractivity contribution in [3.8, 4) is 0 Å². The van der Waals surface area contributed by atoms with Crippen LogP contribution in [0.25, 0.3) is 0 Å². The van der Waals surface area contributed by atoms with Gasteiger partial charge in [0, 0.05) is 32.0 Å². The Hall–Kier alpha value is -0.763. The standard InChI is InChI=1S/C37H54INO2Si/c1-23(2)32-30-31(29-26(39-32)21-36(18-12-19-36)22-27(29)41-42(9,10)35(6,7)8)37(20-11-13-28(37)38)40-33(30)24-14-16-25(17-15-24)34(3,4)5/h14-17,23,27-28,33H,11-13,18-22H2,1-10H3/t27-,28?,33+,37?/m0/s1. The van der Waals surface area contributed by atoms with Crippen molar-refractivity contribution in [1.29, 1.82) is 0 Å². The lowest BCUT2D eigenvalue weighted by Crippen LogP contribution is -2.46. The molecule has 2 spiro atoms. The number of hydrogen-bond acceptors (Lipinski definition) is 3. The third-order valence-electron chi connectivity index (χ3n) is 11.7. The fourth-order valence-electron chi connectivity index (χ4n) is 8.01. The summed E-state index contributed by atoms with van der Waals surface area (Å²) in [6.45, 7) is 23.6. The molecule has 1 aliphatic heterocycles. The largest absolute Gasteiger partial charge is 0.410 e. The molecule has 2 fully saturated rings. The minimum absolute atomic E-state index is 0.0762. The summed E-state index contributed by atoms with van der Waals surface area (Å²) in [7, 11) is -2.02. The van der Waals surface area contributed by atoms with Gasteiger partial charge in [0.2, 0.25) is 0 Å². The van der Waals surface area contributed by atoms with Crippen LogP contribution in [-0.2, 0) is 26.6 Å². The molecular formula is C37H54INO2Si. The average Bonchev–Trinajstić information content (AvgIpc) is 3.41. The molecule has 0 bridgehead atoms. The Morgan fingerprint density at radius 2 is 1.64 bits per heavy atom. The van der Waals surface area contributed by atoms with E-state index in [4.69, 9.17) is 14.1 Å². The lowest BCUT2D eigenvalue weighted by atomic mass is 9.59. The predicted molar refractivity (Wildman–Crippen MR) is 185 cm³/mol. The van der Waals surface area contributed by atoms with E-state index in [-0.39, 0.29) is 28.3 Å². The first-order valence-corrected chi connectivity index (χ1v) is 20.8. The van der Waals surface area contributed by atoms with Crippen LogP contribution >= 0.6 is 22.6 Å². The van der Waals surface area contributed by atoms with Crippen LogP contribution in [0.3, 0.4) is 0 Å². The highest BCUT2D eigenvalue weighted by molar-refractivity contribution is 14.1. The number of benzene rings is 1. The molecule has 0 radical (unpaired) electrons. The van der Waals surface area contributed by atoms with Crippen molar-refractivity contribution in [2.24, 2.45) is 5.41 Å². The topological polar surface area (TPSA) is 31.4 Å². The first-order chi connectivity index (χ1) is 19.5. The third kappa shape index (κ3) is 4.99. The maximum atomic E-state index is 7.51. The number of hydrogen-bond donors (Lipinski definition) is 0. The van der Waals surface area contributed by atoms with Crippen LogP contribution in [0.1, 0.15) is 158 Å². The van der Waals surface area contributed by atoms with Crippen LogP contribution in [-0.4, -0.2) is 17.2 Å². The second-order valence-corrected chi connectivity index (χ2v) is 23.3. The summed E-state index contributed by atoms with van der Waals surface area (Å²) < 4.78 is 15.5. The molecule has 2 aromatic rings. The Kier molecular flexibility index (Phi) is 7.72. The zero-order valence-corrected chi connectivity index (χ0v) is 31.1. The van der Waals surface area contributed by atoms with Crippen molar-refractivity contribution >= 4 is 30.9 Å². The molecule has 6 rings (SSSR count). The van der Waals surface area contributed by atoms with Gasteiger partial charge >= 0.3 is 0 Å². The van der Waals surface area contributed by atoms with Crippen LogP contribution in [0.5, 0.6) is 0 Å². The number of halogens is 1. The first kappa shape index (κ1) is 31.2. The molecule has 2 saturated carbocycles. The number of aromatic nitrogens is 1. The second-order valence-electron chi connectivity index (χ2n) is 17.0. The second kappa shape index (κ2) is 10.4. The number of alkyl halides is 1. The van der Waals surface area contributed by atoms with E-state index in [1.807, 2.05) is 0 Å². The van der Waals surface area contributed by atoms with Gasteiger partial charge in [-0.05, 0) is 91.0 Å². The van der Waals surface area contributed by atoms with E-state index in [0.717, 1.165) is 19.3 Å². The van der Waals surface area contributed by atoms with Crippen LogP contribution < -0.4 is 0 Å². The minimum Gasteiger partial charge on any atom is -0.410 e. The lowest BCUT2D eigenvalue weighted by molar-refractivity contribution is -0.0521. The van der Waals surface area contributed by atoms with Gasteiger partial charge in [-0.2, -0.15) is 0 Å². The number of nitrogens with zero attached hydrogens (tertiary/aromatic N) is 1. The van der Waals surface area contributed by atoms with Gasteiger partial charge in [-0.15, -0.1) is 0 Å². The fourth-order valence-corrected chi connectivity index (χ4v) is 10.5. The Balaban J connectivity index is 1.59. The van der Waals surface area contributed by atoms with Gasteiger partial charge in [0.25, 0.3) is 0 Å². The number of pyridine rings is 1. The van der Waals surface area contributed by atoms with E-state index in [0.29, 0.717) is 15.3 Å². The van der Waals surface area contributed by atoms with Gasteiger partial charge < -0.3 is 9.16 Å². The molecule has 1 aromatic carbocycles. The van der Waals surface area contributed by atoms with Gasteiger partial charge in [-0.25, -0.2) is 0 Å². The Bertz CT molecular complexity index is 1350. The molecule has 2 unspecified atom stereocenters. The molecule has 0 amide bonds. The highest BCUT2D eigenvalue weighted by atomic mass is 127. The molecule has 3 aliphatic carbocycles. The molecule has 230 valence electrons. The van der Waals surface area contributed by atoms with Crippen molar-refractivity contribution in [2.75, 3.05) is 0 Å². The van der Waals surface area contributed by atoms with Crippen molar-refractivity contribution in [3.63, 3.8) is 0 Å². The molecule has 2 heterocycles. The summed E-state index contributed by atoms with van der Waals surface area (Å²) in [5.41, 5.74) is 9.79. The van der Waals surface area contributed by atoms with Gasteiger partial charge in [0.15, 0.2) is 8.32 Å². The molecule has 3 nitrogen and oxygen atoms in total. The summed E-state index contributed by atoms with van der Waals surface area (Å²) in [4.78, 5) is 5.67. The highest BCUT2D eigenvalue weighted by Gasteiger charge is 2.58. The van der Waals surface area contributed by atoms with E-state index in [2.05, 4.69) is 115 Å². The van der Waals surface area contributed by atoms with Gasteiger partial charge in [-0.3, -0.25) is 4.98 Å². The Morgan fingerprint density at radius 1 is 0.976 bits per heavy atom. The summed E-state index contributed by atoms with van der Waals surface area (Å²) in [6.07, 6.45) is 9.80. The normalized spacial score (nSPS) is 28.8. The average molecular weight is 700 g/mol. The monoisotopic (exact) mass is 699 g/mol. The maximum Gasteiger partial charge on any atom is 0.192 e. The summed E-state index contributed by atoms with van der Waals surface area (Å²) in [6, 6.07) is 9.32. The van der Waals surface area contributed by atoms with E-state index in [1.54, 1.807) is 0 Å². The van der Waals surface area contributed by atoms with Crippen molar-refractivity contribution < 1.29 is 9.16 Å².